The van der Waals surface area contributed by atoms with Crippen LogP contribution >= 0.6 is 0 Å². The normalized spacial score (nSPS) is 16.2. The Balaban J connectivity index is 1.48. The molecule has 1 saturated heterocycles. The third-order valence-electron chi connectivity index (χ3n) is 7.18. The minimum atomic E-state index is -4.82. The zero-order chi connectivity index (χ0) is 29.5. The fourth-order valence-corrected chi connectivity index (χ4v) is 5.20. The fourth-order valence-electron chi connectivity index (χ4n) is 5.20. The molecule has 15 heteroatoms. The van der Waals surface area contributed by atoms with Gasteiger partial charge in [-0.1, -0.05) is 19.1 Å². The lowest BCUT2D eigenvalue weighted by atomic mass is 10.1. The molecule has 2 aliphatic heterocycles. The molecule has 2 aromatic heterocycles. The monoisotopic (exact) mass is 575 g/mol. The van der Waals surface area contributed by atoms with E-state index in [1.807, 2.05) is 13.0 Å². The maximum absolute atomic E-state index is 13.8. The summed E-state index contributed by atoms with van der Waals surface area (Å²) in [6.07, 6.45) is -2.07. The van der Waals surface area contributed by atoms with Crippen molar-refractivity contribution in [3.63, 3.8) is 0 Å². The first kappa shape index (κ1) is 28.1. The van der Waals surface area contributed by atoms with Gasteiger partial charge in [-0.15, -0.1) is 5.10 Å². The van der Waals surface area contributed by atoms with Gasteiger partial charge in [-0.3, -0.25) is 14.4 Å². The largest absolute Gasteiger partial charge is 0.506 e. The van der Waals surface area contributed by atoms with Crippen LogP contribution in [0.15, 0.2) is 29.1 Å². The number of amides is 2. The van der Waals surface area contributed by atoms with Crippen LogP contribution in [0.2, 0.25) is 0 Å². The molecule has 3 aromatic rings. The Morgan fingerprint density at radius 3 is 2.51 bits per heavy atom. The molecule has 2 amide bonds. The van der Waals surface area contributed by atoms with Gasteiger partial charge in [0.05, 0.1) is 30.0 Å². The molecular formula is C26H28F3N7O5. The maximum Gasteiger partial charge on any atom is 0.419 e. The Morgan fingerprint density at radius 1 is 1.17 bits per heavy atom. The molecule has 0 aliphatic carbocycles. The summed E-state index contributed by atoms with van der Waals surface area (Å²) in [5.41, 5.74) is 4.93. The van der Waals surface area contributed by atoms with Gasteiger partial charge in [0.1, 0.15) is 18.0 Å². The number of anilines is 1. The molecule has 0 bridgehead atoms. The Labute approximate surface area is 231 Å². The summed E-state index contributed by atoms with van der Waals surface area (Å²) in [5.74, 6) is -1.99. The number of para-hydroxylation sites is 1. The molecule has 12 nitrogen and oxygen atoms in total. The summed E-state index contributed by atoms with van der Waals surface area (Å²) < 4.78 is 47.8. The molecule has 5 rings (SSSR count). The second-order valence-electron chi connectivity index (χ2n) is 9.69. The molecule has 0 spiro atoms. The van der Waals surface area contributed by atoms with Crippen molar-refractivity contribution < 1.29 is 32.6 Å². The number of phenolic OH excluding ortho intramolecular Hbond substituents is 1. The number of carbonyl (C=O) groups excluding carboxylic acids is 2. The molecule has 41 heavy (non-hydrogen) atoms. The van der Waals surface area contributed by atoms with E-state index in [-0.39, 0.29) is 44.2 Å². The number of primary amides is 1. The number of phenols is 1. The third kappa shape index (κ3) is 5.24. The quantitative estimate of drug-likeness (QED) is 0.449. The number of piperazine rings is 1. The Bertz CT molecular complexity index is 1600. The van der Waals surface area contributed by atoms with Crippen LogP contribution in [0.5, 0.6) is 5.75 Å². The van der Waals surface area contributed by atoms with Crippen LogP contribution in [0.3, 0.4) is 0 Å². The Hall–Kier alpha value is -4.40. The van der Waals surface area contributed by atoms with Gasteiger partial charge in [0.2, 0.25) is 11.7 Å². The van der Waals surface area contributed by atoms with Crippen molar-refractivity contribution in [1.29, 1.82) is 0 Å². The number of halogens is 3. The molecular weight excluding hydrogens is 547 g/mol. The third-order valence-corrected chi connectivity index (χ3v) is 7.18. The molecule has 2 aliphatic rings. The topological polar surface area (TPSA) is 148 Å². The van der Waals surface area contributed by atoms with E-state index in [0.29, 0.717) is 43.6 Å². The number of rotatable bonds is 6. The number of alkyl halides is 3. The molecule has 4 heterocycles. The van der Waals surface area contributed by atoms with E-state index in [0.717, 1.165) is 22.2 Å². The second-order valence-corrected chi connectivity index (χ2v) is 9.69. The van der Waals surface area contributed by atoms with Crippen molar-refractivity contribution in [3.05, 3.63) is 57.3 Å². The molecule has 0 atom stereocenters. The van der Waals surface area contributed by atoms with E-state index in [4.69, 9.17) is 10.5 Å². The molecule has 3 N–H and O–H groups in total. The van der Waals surface area contributed by atoms with Crippen LogP contribution < -0.4 is 16.2 Å². The van der Waals surface area contributed by atoms with E-state index < -0.39 is 40.4 Å². The van der Waals surface area contributed by atoms with Crippen LogP contribution in [-0.4, -0.2) is 80.4 Å². The second kappa shape index (κ2) is 10.9. The minimum Gasteiger partial charge on any atom is -0.506 e. The van der Waals surface area contributed by atoms with Gasteiger partial charge in [-0.25, -0.2) is 0 Å². The molecule has 0 unspecified atom stereocenters. The smallest absolute Gasteiger partial charge is 0.419 e. The van der Waals surface area contributed by atoms with Crippen LogP contribution in [0, 0.1) is 0 Å². The molecule has 0 saturated carbocycles. The van der Waals surface area contributed by atoms with Crippen LogP contribution in [-0.2, 0) is 28.7 Å². The zero-order valence-corrected chi connectivity index (χ0v) is 22.1. The van der Waals surface area contributed by atoms with E-state index in [1.165, 1.54) is 4.90 Å². The first-order valence-corrected chi connectivity index (χ1v) is 13.0. The number of fused-ring (bicyclic) bond motifs is 1. The van der Waals surface area contributed by atoms with Gasteiger partial charge in [0, 0.05) is 26.2 Å². The molecule has 1 fully saturated rings. The summed E-state index contributed by atoms with van der Waals surface area (Å²) in [6, 6.07) is 2.91. The van der Waals surface area contributed by atoms with E-state index in [9.17, 15) is 32.7 Å². The number of aromatic hydroxyl groups is 1. The van der Waals surface area contributed by atoms with Gasteiger partial charge in [-0.2, -0.15) is 22.7 Å². The van der Waals surface area contributed by atoms with Crippen molar-refractivity contribution in [2.75, 3.05) is 44.3 Å². The predicted octanol–water partition coefficient (Wildman–Crippen LogP) is 1.43. The van der Waals surface area contributed by atoms with Crippen LogP contribution in [0.25, 0.3) is 11.4 Å². The average molecular weight is 576 g/mol. The molecule has 1 aromatic carbocycles. The lowest BCUT2D eigenvalue weighted by Crippen LogP contribution is -2.51. The number of carbonyl (C=O) groups is 2. The van der Waals surface area contributed by atoms with Crippen molar-refractivity contribution >= 4 is 28.9 Å². The Morgan fingerprint density at radius 2 is 1.90 bits per heavy atom. The van der Waals surface area contributed by atoms with Crippen molar-refractivity contribution in [2.45, 2.75) is 32.5 Å². The van der Waals surface area contributed by atoms with E-state index in [2.05, 4.69) is 10.1 Å². The Kier molecular flexibility index (Phi) is 7.46. The maximum atomic E-state index is 13.8. The highest BCUT2D eigenvalue weighted by molar-refractivity contribution is 5.97. The first-order chi connectivity index (χ1) is 19.5. The SMILES string of the molecule is CCc1c(N2CCN(C(=O)c3cccc(C(F)(F)F)c3O)CC2)c(=O)n2nc(C3=CCOCC3)nc2n1CC(N)=O. The number of hydrogen-bond acceptors (Lipinski definition) is 8. The summed E-state index contributed by atoms with van der Waals surface area (Å²) in [4.78, 5) is 46.5. The average Bonchev–Trinajstić information content (AvgIpc) is 3.40. The summed E-state index contributed by atoms with van der Waals surface area (Å²) >= 11 is 0. The standard InChI is InChI=1S/C26H28F3N7O5/c1-2-18-20(24(40)36-25(35(18)14-19(30)37)31-22(32-36)15-6-12-41-13-7-15)33-8-10-34(11-9-33)23(39)16-4-3-5-17(21(16)38)26(27,28)29/h3-6,38H,2,7-14H2,1H3,(H2,30,37). The number of nitrogens with two attached hydrogens (primary N) is 1. The van der Waals surface area contributed by atoms with E-state index >= 15 is 0 Å². The first-order valence-electron chi connectivity index (χ1n) is 13.0. The van der Waals surface area contributed by atoms with E-state index in [1.54, 1.807) is 9.47 Å². The predicted molar refractivity (Wildman–Crippen MR) is 140 cm³/mol. The lowest BCUT2D eigenvalue weighted by molar-refractivity contribution is -0.138. The fraction of sp³-hybridized carbons (Fsp3) is 0.423. The highest BCUT2D eigenvalue weighted by atomic mass is 19.4. The van der Waals surface area contributed by atoms with Crippen LogP contribution in [0.1, 0.15) is 40.8 Å². The highest BCUT2D eigenvalue weighted by Gasteiger charge is 2.36. The van der Waals surface area contributed by atoms with Gasteiger partial charge in [0.15, 0.2) is 5.82 Å². The van der Waals surface area contributed by atoms with Crippen molar-refractivity contribution in [1.82, 2.24) is 24.1 Å². The number of nitrogens with zero attached hydrogens (tertiary/aromatic N) is 6. The van der Waals surface area contributed by atoms with Gasteiger partial charge in [0.25, 0.3) is 11.5 Å². The minimum absolute atomic E-state index is 0.0699. The van der Waals surface area contributed by atoms with Crippen molar-refractivity contribution in [3.8, 4) is 5.75 Å². The van der Waals surface area contributed by atoms with Gasteiger partial charge in [-0.05, 0) is 30.5 Å². The number of aromatic nitrogens is 4. The molecule has 218 valence electrons. The number of benzene rings is 1. The lowest BCUT2D eigenvalue weighted by Gasteiger charge is -2.37. The highest BCUT2D eigenvalue weighted by Crippen LogP contribution is 2.38. The number of ether oxygens (including phenoxy) is 1. The van der Waals surface area contributed by atoms with Gasteiger partial charge >= 0.3 is 6.18 Å². The molecule has 0 radical (unpaired) electrons. The van der Waals surface area contributed by atoms with Gasteiger partial charge < -0.3 is 29.9 Å². The number of hydrogen-bond donors (Lipinski definition) is 2. The summed E-state index contributed by atoms with van der Waals surface area (Å²) in [5, 5.41) is 14.6. The van der Waals surface area contributed by atoms with Crippen molar-refractivity contribution in [2.24, 2.45) is 5.73 Å². The summed E-state index contributed by atoms with van der Waals surface area (Å²) in [7, 11) is 0. The zero-order valence-electron chi connectivity index (χ0n) is 22.1. The summed E-state index contributed by atoms with van der Waals surface area (Å²) in [6.45, 7) is 2.93. The van der Waals surface area contributed by atoms with Crippen LogP contribution in [0.4, 0.5) is 18.9 Å².